The third kappa shape index (κ3) is 5.82. The number of hydrogen-bond donors (Lipinski definition) is 2. The van der Waals surface area contributed by atoms with Crippen molar-refractivity contribution in [1.29, 1.82) is 0 Å². The summed E-state index contributed by atoms with van der Waals surface area (Å²) in [5.74, 6) is -0.287. The maximum atomic E-state index is 13.7. The SMILES string of the molecule is CC(C(=O)NCCO)n1c(N2C[C@@H](c3ccccc3)C(c3ccc(Cl)cc3)=N2)nn(Cc2ccc(Cl)cc2)c1=O. The Morgan fingerprint density at radius 1 is 1.02 bits per heavy atom. The molecule has 1 aromatic heterocycles. The molecule has 1 aliphatic heterocycles. The minimum Gasteiger partial charge on any atom is -0.395 e. The van der Waals surface area contributed by atoms with E-state index in [-0.39, 0.29) is 31.6 Å². The Morgan fingerprint density at radius 3 is 2.33 bits per heavy atom. The number of nitrogens with zero attached hydrogens (tertiary/aromatic N) is 5. The maximum Gasteiger partial charge on any atom is 0.348 e. The summed E-state index contributed by atoms with van der Waals surface area (Å²) in [6.45, 7) is 2.08. The fourth-order valence-electron chi connectivity index (χ4n) is 4.69. The number of hydrazone groups is 1. The number of anilines is 1. The van der Waals surface area contributed by atoms with Crippen LogP contribution in [-0.2, 0) is 11.3 Å². The summed E-state index contributed by atoms with van der Waals surface area (Å²) >= 11 is 12.2. The Labute approximate surface area is 241 Å². The summed E-state index contributed by atoms with van der Waals surface area (Å²) in [5.41, 5.74) is 3.12. The molecule has 0 spiro atoms. The summed E-state index contributed by atoms with van der Waals surface area (Å²) in [4.78, 5) is 26.6. The van der Waals surface area contributed by atoms with E-state index in [1.54, 1.807) is 24.1 Å². The first-order chi connectivity index (χ1) is 19.4. The Hall–Kier alpha value is -3.92. The van der Waals surface area contributed by atoms with Crippen molar-refractivity contribution in [2.24, 2.45) is 5.10 Å². The standard InChI is InChI=1S/C29H28Cl2N6O3/c1-19(27(39)32-15-16-38)37-28(34-36(29(37)40)17-20-7-11-23(30)12-8-20)35-18-25(21-5-3-2-4-6-21)26(33-35)22-9-13-24(31)14-10-22/h2-14,19,25,38H,15-18H2,1H3,(H,32,39)/t19?,25-/m0/s1. The summed E-state index contributed by atoms with van der Waals surface area (Å²) in [7, 11) is 0. The number of amides is 1. The molecule has 9 nitrogen and oxygen atoms in total. The molecule has 0 saturated heterocycles. The summed E-state index contributed by atoms with van der Waals surface area (Å²) in [6.07, 6.45) is 0. The Bertz CT molecular complexity index is 1570. The smallest absolute Gasteiger partial charge is 0.348 e. The van der Waals surface area contributed by atoms with Crippen LogP contribution in [-0.4, -0.2) is 50.8 Å². The van der Waals surface area contributed by atoms with Crippen molar-refractivity contribution in [1.82, 2.24) is 19.7 Å². The van der Waals surface area contributed by atoms with Gasteiger partial charge in [0, 0.05) is 22.5 Å². The summed E-state index contributed by atoms with van der Waals surface area (Å²) < 4.78 is 2.67. The molecule has 2 heterocycles. The molecule has 2 atom stereocenters. The molecule has 40 heavy (non-hydrogen) atoms. The van der Waals surface area contributed by atoms with E-state index in [2.05, 4.69) is 10.4 Å². The highest BCUT2D eigenvalue weighted by atomic mass is 35.5. The fraction of sp³-hybridized carbons (Fsp3) is 0.241. The highest BCUT2D eigenvalue weighted by molar-refractivity contribution is 6.31. The molecule has 0 bridgehead atoms. The number of aromatic nitrogens is 3. The van der Waals surface area contributed by atoms with E-state index in [0.29, 0.717) is 16.6 Å². The van der Waals surface area contributed by atoms with Crippen LogP contribution in [0, 0.1) is 0 Å². The number of aliphatic hydroxyl groups excluding tert-OH is 1. The van der Waals surface area contributed by atoms with E-state index >= 15 is 0 Å². The van der Waals surface area contributed by atoms with Gasteiger partial charge in [0.05, 0.1) is 25.4 Å². The largest absolute Gasteiger partial charge is 0.395 e. The molecule has 4 aromatic rings. The zero-order valence-corrected chi connectivity index (χ0v) is 23.3. The highest BCUT2D eigenvalue weighted by Crippen LogP contribution is 2.32. The minimum absolute atomic E-state index is 0.0742. The third-order valence-corrected chi connectivity index (χ3v) is 7.27. The Balaban J connectivity index is 1.59. The molecule has 5 rings (SSSR count). The molecule has 0 radical (unpaired) electrons. The van der Waals surface area contributed by atoms with Crippen LogP contribution in [0.2, 0.25) is 10.0 Å². The number of carbonyl (C=O) groups excluding carboxylic acids is 1. The average Bonchev–Trinajstić information content (AvgIpc) is 3.55. The second-order valence-corrected chi connectivity index (χ2v) is 10.3. The van der Waals surface area contributed by atoms with Crippen molar-refractivity contribution in [3.63, 3.8) is 0 Å². The molecule has 0 saturated carbocycles. The lowest BCUT2D eigenvalue weighted by atomic mass is 9.91. The molecule has 3 aromatic carbocycles. The van der Waals surface area contributed by atoms with Gasteiger partial charge in [-0.15, -0.1) is 5.10 Å². The number of benzene rings is 3. The van der Waals surface area contributed by atoms with Crippen molar-refractivity contribution in [2.75, 3.05) is 24.7 Å². The van der Waals surface area contributed by atoms with E-state index in [4.69, 9.17) is 28.3 Å². The van der Waals surface area contributed by atoms with Crippen LogP contribution in [0.5, 0.6) is 0 Å². The second kappa shape index (κ2) is 12.1. The van der Waals surface area contributed by atoms with Crippen molar-refractivity contribution >= 4 is 40.8 Å². The minimum atomic E-state index is -0.905. The van der Waals surface area contributed by atoms with E-state index in [0.717, 1.165) is 22.4 Å². The molecule has 0 fully saturated rings. The van der Waals surface area contributed by atoms with E-state index in [1.165, 1.54) is 9.25 Å². The molecule has 1 unspecified atom stereocenters. The zero-order chi connectivity index (χ0) is 28.2. The quantitative estimate of drug-likeness (QED) is 0.311. The van der Waals surface area contributed by atoms with Gasteiger partial charge in [-0.2, -0.15) is 5.10 Å². The van der Waals surface area contributed by atoms with Crippen molar-refractivity contribution < 1.29 is 9.90 Å². The van der Waals surface area contributed by atoms with Gasteiger partial charge in [-0.3, -0.25) is 4.79 Å². The van der Waals surface area contributed by atoms with Gasteiger partial charge >= 0.3 is 5.69 Å². The molecular formula is C29H28Cl2N6O3. The lowest BCUT2D eigenvalue weighted by molar-refractivity contribution is -0.124. The number of halogens is 2. The fourth-order valence-corrected chi connectivity index (χ4v) is 4.94. The predicted molar refractivity (Wildman–Crippen MR) is 156 cm³/mol. The first-order valence-electron chi connectivity index (χ1n) is 12.8. The van der Waals surface area contributed by atoms with Gasteiger partial charge < -0.3 is 10.4 Å². The number of carbonyl (C=O) groups is 1. The third-order valence-electron chi connectivity index (χ3n) is 6.76. The van der Waals surface area contributed by atoms with Gasteiger partial charge in [-0.1, -0.05) is 77.8 Å². The number of aliphatic hydroxyl groups is 1. The number of hydrogen-bond acceptors (Lipinski definition) is 6. The monoisotopic (exact) mass is 578 g/mol. The Kier molecular flexibility index (Phi) is 8.35. The second-order valence-electron chi connectivity index (χ2n) is 9.46. The number of rotatable bonds is 9. The first-order valence-corrected chi connectivity index (χ1v) is 13.6. The van der Waals surface area contributed by atoms with Crippen molar-refractivity contribution in [3.8, 4) is 0 Å². The van der Waals surface area contributed by atoms with Gasteiger partial charge in [-0.25, -0.2) is 19.1 Å². The normalized spacial score (nSPS) is 15.7. The van der Waals surface area contributed by atoms with Crippen molar-refractivity contribution in [3.05, 3.63) is 116 Å². The van der Waals surface area contributed by atoms with Crippen LogP contribution in [0.3, 0.4) is 0 Å². The highest BCUT2D eigenvalue weighted by Gasteiger charge is 2.35. The van der Waals surface area contributed by atoms with Crippen LogP contribution in [0.25, 0.3) is 0 Å². The van der Waals surface area contributed by atoms with E-state index in [1.807, 2.05) is 66.7 Å². The van der Waals surface area contributed by atoms with Gasteiger partial charge in [-0.05, 0) is 47.9 Å². The lowest BCUT2D eigenvalue weighted by Crippen LogP contribution is -2.38. The molecular weight excluding hydrogens is 551 g/mol. The molecule has 0 aliphatic carbocycles. The van der Waals surface area contributed by atoms with Crippen LogP contribution in [0.15, 0.2) is 88.8 Å². The maximum absolute atomic E-state index is 13.7. The van der Waals surface area contributed by atoms with Crippen molar-refractivity contribution in [2.45, 2.75) is 25.4 Å². The molecule has 206 valence electrons. The average molecular weight is 579 g/mol. The van der Waals surface area contributed by atoms with Crippen LogP contribution < -0.4 is 16.0 Å². The lowest BCUT2D eigenvalue weighted by Gasteiger charge is -2.19. The molecule has 2 N–H and O–H groups in total. The molecule has 11 heteroatoms. The zero-order valence-electron chi connectivity index (χ0n) is 21.7. The van der Waals surface area contributed by atoms with Gasteiger partial charge in [0.25, 0.3) is 0 Å². The molecule has 1 aliphatic rings. The van der Waals surface area contributed by atoms with E-state index < -0.39 is 17.6 Å². The van der Waals surface area contributed by atoms with Crippen LogP contribution in [0.1, 0.15) is 35.6 Å². The van der Waals surface area contributed by atoms with Crippen LogP contribution >= 0.6 is 23.2 Å². The predicted octanol–water partition coefficient (Wildman–Crippen LogP) is 4.08. The van der Waals surface area contributed by atoms with Gasteiger partial charge in [0.1, 0.15) is 6.04 Å². The van der Waals surface area contributed by atoms with Crippen LogP contribution in [0.4, 0.5) is 5.95 Å². The number of nitrogens with one attached hydrogen (secondary N) is 1. The summed E-state index contributed by atoms with van der Waals surface area (Å²) in [6, 6.07) is 23.7. The first kappa shape index (κ1) is 27.6. The molecule has 1 amide bonds. The Morgan fingerprint density at radius 2 is 1.68 bits per heavy atom. The summed E-state index contributed by atoms with van der Waals surface area (Å²) in [5, 5.41) is 24.3. The van der Waals surface area contributed by atoms with Gasteiger partial charge in [0.2, 0.25) is 11.9 Å². The van der Waals surface area contributed by atoms with E-state index in [9.17, 15) is 14.7 Å². The topological polar surface area (TPSA) is 105 Å². The van der Waals surface area contributed by atoms with Gasteiger partial charge in [0.15, 0.2) is 0 Å².